The average Bonchev–Trinajstić information content (AvgIpc) is 3.52. The van der Waals surface area contributed by atoms with Crippen LogP contribution in [0.15, 0.2) is 54.6 Å². The van der Waals surface area contributed by atoms with Gasteiger partial charge in [0.1, 0.15) is 12.4 Å². The summed E-state index contributed by atoms with van der Waals surface area (Å²) >= 11 is 0. The molecule has 30 heavy (non-hydrogen) atoms. The summed E-state index contributed by atoms with van der Waals surface area (Å²) < 4.78 is 5.86. The molecule has 5 nitrogen and oxygen atoms in total. The van der Waals surface area contributed by atoms with Gasteiger partial charge < -0.3 is 19.9 Å². The first-order valence-electron chi connectivity index (χ1n) is 10.2. The first-order valence-corrected chi connectivity index (χ1v) is 10.2. The third-order valence-corrected chi connectivity index (χ3v) is 5.72. The molecule has 2 aliphatic rings. The normalized spacial score (nSPS) is 20.6. The molecule has 1 saturated heterocycles. The summed E-state index contributed by atoms with van der Waals surface area (Å²) in [6.07, 6.45) is 1.10. The zero-order chi connectivity index (χ0) is 19.3. The molecule has 0 unspecified atom stereocenters. The quantitative estimate of drug-likeness (QED) is 0.700. The molecule has 1 aliphatic heterocycles. The fourth-order valence-corrected chi connectivity index (χ4v) is 3.73. The molecule has 0 aromatic heterocycles. The maximum absolute atomic E-state index is 12.3. The van der Waals surface area contributed by atoms with Gasteiger partial charge >= 0.3 is 0 Å². The summed E-state index contributed by atoms with van der Waals surface area (Å²) in [4.78, 5) is 16.6. The molecule has 2 aromatic carbocycles. The number of ether oxygens (including phenoxy) is 1. The van der Waals surface area contributed by atoms with Gasteiger partial charge in [0.15, 0.2) is 0 Å². The lowest BCUT2D eigenvalue weighted by Gasteiger charge is -2.32. The third kappa shape index (κ3) is 6.61. The Morgan fingerprint density at radius 2 is 1.67 bits per heavy atom. The number of likely N-dealkylation sites (N-methyl/N-ethyl adjacent to an activating group) is 1. The van der Waals surface area contributed by atoms with E-state index in [9.17, 15) is 4.79 Å². The van der Waals surface area contributed by atoms with Gasteiger partial charge in [-0.3, -0.25) is 4.79 Å². The molecule has 2 fully saturated rings. The molecular weight excluding hydrogens is 421 g/mol. The van der Waals surface area contributed by atoms with Gasteiger partial charge in [-0.25, -0.2) is 0 Å². The lowest BCUT2D eigenvalue weighted by molar-refractivity contribution is -0.131. The highest BCUT2D eigenvalue weighted by Gasteiger charge is 2.38. The molecule has 7 heteroatoms. The Morgan fingerprint density at radius 3 is 2.33 bits per heavy atom. The Morgan fingerprint density at radius 1 is 1.00 bits per heavy atom. The molecule has 0 spiro atoms. The number of benzene rings is 2. The maximum Gasteiger partial charge on any atom is 0.236 e. The lowest BCUT2D eigenvalue weighted by atomic mass is 10.1. The van der Waals surface area contributed by atoms with Crippen molar-refractivity contribution in [1.82, 2.24) is 15.1 Å². The molecule has 1 heterocycles. The molecule has 2 atom stereocenters. The van der Waals surface area contributed by atoms with Crippen LogP contribution in [0, 0.1) is 0 Å². The van der Waals surface area contributed by atoms with Crippen molar-refractivity contribution >= 4 is 30.7 Å². The number of halogens is 2. The molecule has 1 aliphatic carbocycles. The molecule has 0 bridgehead atoms. The second-order valence-corrected chi connectivity index (χ2v) is 7.86. The fourth-order valence-electron chi connectivity index (χ4n) is 3.73. The van der Waals surface area contributed by atoms with Gasteiger partial charge in [0, 0.05) is 38.1 Å². The van der Waals surface area contributed by atoms with Crippen LogP contribution in [-0.2, 0) is 11.4 Å². The summed E-state index contributed by atoms with van der Waals surface area (Å²) in [6.45, 7) is 4.66. The predicted octanol–water partition coefficient (Wildman–Crippen LogP) is 3.33. The molecule has 1 amide bonds. The Kier molecular flexibility index (Phi) is 9.43. The van der Waals surface area contributed by atoms with Crippen LogP contribution >= 0.6 is 24.8 Å². The minimum Gasteiger partial charge on any atom is -0.489 e. The standard InChI is InChI=1S/C23H29N3O2.2ClH/c1-25-11-13-26(14-12-25)23(27)16-24-22-15-21(22)19-7-9-20(10-8-19)28-17-18-5-3-2-4-6-18;;/h2-10,21-22,24H,11-17H2,1H3;2*1H/t21-,22+;;/m0../s1. The second kappa shape index (κ2) is 11.6. The number of rotatable bonds is 7. The summed E-state index contributed by atoms with van der Waals surface area (Å²) in [5.74, 6) is 1.62. The molecule has 1 N–H and O–H groups in total. The van der Waals surface area contributed by atoms with E-state index in [1.54, 1.807) is 0 Å². The van der Waals surface area contributed by atoms with Crippen molar-refractivity contribution in [3.05, 3.63) is 65.7 Å². The highest BCUT2D eigenvalue weighted by molar-refractivity contribution is 5.85. The number of hydrogen-bond donors (Lipinski definition) is 1. The first kappa shape index (κ1) is 24.5. The summed E-state index contributed by atoms with van der Waals surface area (Å²) in [5, 5.41) is 3.44. The van der Waals surface area contributed by atoms with E-state index in [2.05, 4.69) is 41.5 Å². The van der Waals surface area contributed by atoms with E-state index in [1.807, 2.05) is 35.2 Å². The van der Waals surface area contributed by atoms with Crippen molar-refractivity contribution in [1.29, 1.82) is 0 Å². The SMILES string of the molecule is CN1CCN(C(=O)CN[C@@H]2C[C@H]2c2ccc(OCc3ccccc3)cc2)CC1.Cl.Cl. The van der Waals surface area contributed by atoms with Crippen LogP contribution in [0.3, 0.4) is 0 Å². The number of amides is 1. The average molecular weight is 452 g/mol. The zero-order valence-electron chi connectivity index (χ0n) is 17.3. The lowest BCUT2D eigenvalue weighted by Crippen LogP contribution is -2.49. The molecule has 1 saturated carbocycles. The van der Waals surface area contributed by atoms with Gasteiger partial charge in [-0.2, -0.15) is 0 Å². The largest absolute Gasteiger partial charge is 0.489 e. The van der Waals surface area contributed by atoms with E-state index in [0.29, 0.717) is 25.1 Å². The zero-order valence-corrected chi connectivity index (χ0v) is 19.0. The van der Waals surface area contributed by atoms with Crippen molar-refractivity contribution in [2.45, 2.75) is 25.0 Å². The van der Waals surface area contributed by atoms with Crippen LogP contribution in [0.2, 0.25) is 0 Å². The van der Waals surface area contributed by atoms with Crippen LogP contribution in [-0.4, -0.2) is 61.5 Å². The summed E-state index contributed by atoms with van der Waals surface area (Å²) in [5.41, 5.74) is 2.49. The maximum atomic E-state index is 12.3. The van der Waals surface area contributed by atoms with E-state index in [1.165, 1.54) is 11.1 Å². The van der Waals surface area contributed by atoms with Crippen LogP contribution in [0.1, 0.15) is 23.5 Å². The van der Waals surface area contributed by atoms with E-state index in [-0.39, 0.29) is 30.7 Å². The predicted molar refractivity (Wildman–Crippen MR) is 125 cm³/mol. The highest BCUT2D eigenvalue weighted by atomic mass is 35.5. The fraction of sp³-hybridized carbons (Fsp3) is 0.435. The number of carbonyl (C=O) groups excluding carboxylic acids is 1. The second-order valence-electron chi connectivity index (χ2n) is 7.86. The van der Waals surface area contributed by atoms with Crippen molar-refractivity contribution < 1.29 is 9.53 Å². The molecule has 0 radical (unpaired) electrons. The molecular formula is C23H31Cl2N3O2. The Hall–Kier alpha value is -1.79. The van der Waals surface area contributed by atoms with Crippen LogP contribution in [0.4, 0.5) is 0 Å². The van der Waals surface area contributed by atoms with Gasteiger partial charge in [-0.1, -0.05) is 42.5 Å². The van der Waals surface area contributed by atoms with Crippen molar-refractivity contribution in [3.63, 3.8) is 0 Å². The van der Waals surface area contributed by atoms with Crippen molar-refractivity contribution in [2.75, 3.05) is 39.8 Å². The molecule has 164 valence electrons. The van der Waals surface area contributed by atoms with Gasteiger partial charge in [0.25, 0.3) is 0 Å². The van der Waals surface area contributed by atoms with Gasteiger partial charge in [-0.05, 0) is 36.7 Å². The van der Waals surface area contributed by atoms with E-state index < -0.39 is 0 Å². The smallest absolute Gasteiger partial charge is 0.236 e. The van der Waals surface area contributed by atoms with Gasteiger partial charge in [0.05, 0.1) is 6.54 Å². The van der Waals surface area contributed by atoms with Gasteiger partial charge in [-0.15, -0.1) is 24.8 Å². The number of nitrogens with one attached hydrogen (secondary N) is 1. The van der Waals surface area contributed by atoms with Crippen LogP contribution < -0.4 is 10.1 Å². The minimum atomic E-state index is 0. The summed E-state index contributed by atoms with van der Waals surface area (Å²) in [7, 11) is 2.10. The number of piperazine rings is 1. The minimum absolute atomic E-state index is 0. The van der Waals surface area contributed by atoms with E-state index in [0.717, 1.165) is 38.3 Å². The molecule has 4 rings (SSSR count). The third-order valence-electron chi connectivity index (χ3n) is 5.72. The number of nitrogens with zero attached hydrogens (tertiary/aromatic N) is 2. The monoisotopic (exact) mass is 451 g/mol. The Labute approximate surface area is 191 Å². The summed E-state index contributed by atoms with van der Waals surface area (Å²) in [6, 6.07) is 19.0. The Balaban J connectivity index is 0.00000160. The van der Waals surface area contributed by atoms with E-state index in [4.69, 9.17) is 4.74 Å². The van der Waals surface area contributed by atoms with Crippen molar-refractivity contribution in [2.24, 2.45) is 0 Å². The Bertz CT molecular complexity index is 781. The molecule has 2 aromatic rings. The van der Waals surface area contributed by atoms with Gasteiger partial charge in [0.2, 0.25) is 5.91 Å². The number of hydrogen-bond acceptors (Lipinski definition) is 4. The topological polar surface area (TPSA) is 44.8 Å². The van der Waals surface area contributed by atoms with Crippen LogP contribution in [0.25, 0.3) is 0 Å². The number of carbonyl (C=O) groups is 1. The highest BCUT2D eigenvalue weighted by Crippen LogP contribution is 2.41. The van der Waals surface area contributed by atoms with Crippen LogP contribution in [0.5, 0.6) is 5.75 Å². The van der Waals surface area contributed by atoms with E-state index >= 15 is 0 Å². The van der Waals surface area contributed by atoms with Crippen molar-refractivity contribution in [3.8, 4) is 5.75 Å². The first-order chi connectivity index (χ1) is 13.7.